The molecule has 0 aliphatic heterocycles. The average Bonchev–Trinajstić information content (AvgIpc) is 2.87. The Kier molecular flexibility index (Phi) is 3.52. The lowest BCUT2D eigenvalue weighted by Gasteiger charge is -2.00. The molecule has 0 bridgehead atoms. The van der Waals surface area contributed by atoms with Gasteiger partial charge in [0, 0.05) is 20.3 Å². The smallest absolute Gasteiger partial charge is 0.172 e. The maximum absolute atomic E-state index is 12.1. The third kappa shape index (κ3) is 2.31. The molecule has 0 N–H and O–H groups in total. The van der Waals surface area contributed by atoms with Crippen LogP contribution in [-0.4, -0.2) is 25.3 Å². The second-order valence-electron chi connectivity index (χ2n) is 4.19. The van der Waals surface area contributed by atoms with Gasteiger partial charge in [-0.05, 0) is 6.42 Å². The minimum atomic E-state index is -0.00402. The first-order valence-electron chi connectivity index (χ1n) is 5.75. The summed E-state index contributed by atoms with van der Waals surface area (Å²) in [5.74, 6) is -0.00402. The van der Waals surface area contributed by atoms with Crippen molar-refractivity contribution in [3.05, 3.63) is 34.4 Å². The first-order valence-corrected chi connectivity index (χ1v) is 6.12. The number of rotatable bonds is 4. The zero-order valence-electron chi connectivity index (χ0n) is 10.6. The molecule has 0 radical (unpaired) electrons. The number of ketones is 1. The lowest BCUT2D eigenvalue weighted by molar-refractivity contribution is 0.0990. The van der Waals surface area contributed by atoms with Crippen LogP contribution >= 0.6 is 11.6 Å². The lowest BCUT2D eigenvalue weighted by atomic mass is 10.1. The summed E-state index contributed by atoms with van der Waals surface area (Å²) in [6, 6.07) is 0. The molecule has 5 nitrogen and oxygen atoms in total. The molecule has 0 unspecified atom stereocenters. The topological polar surface area (TPSA) is 52.7 Å². The molecule has 0 aliphatic carbocycles. The van der Waals surface area contributed by atoms with Crippen LogP contribution in [0.1, 0.15) is 28.7 Å². The minimum Gasteiger partial charge on any atom is -0.294 e. The van der Waals surface area contributed by atoms with Crippen LogP contribution in [0.4, 0.5) is 0 Å². The third-order valence-electron chi connectivity index (χ3n) is 2.86. The van der Waals surface area contributed by atoms with E-state index in [1.54, 1.807) is 35.9 Å². The fourth-order valence-electron chi connectivity index (χ4n) is 1.83. The van der Waals surface area contributed by atoms with Crippen molar-refractivity contribution >= 4 is 17.4 Å². The van der Waals surface area contributed by atoms with Gasteiger partial charge in [0.2, 0.25) is 0 Å². The number of aryl methyl sites for hydroxylation is 3. The van der Waals surface area contributed by atoms with E-state index >= 15 is 0 Å². The van der Waals surface area contributed by atoms with Crippen LogP contribution in [0.25, 0.3) is 0 Å². The molecule has 2 aromatic heterocycles. The van der Waals surface area contributed by atoms with Crippen molar-refractivity contribution in [3.63, 3.8) is 0 Å². The van der Waals surface area contributed by atoms with E-state index in [4.69, 9.17) is 11.6 Å². The molecule has 0 aliphatic rings. The van der Waals surface area contributed by atoms with E-state index in [-0.39, 0.29) is 12.2 Å². The number of halogens is 1. The largest absolute Gasteiger partial charge is 0.294 e. The molecule has 0 amide bonds. The highest BCUT2D eigenvalue weighted by atomic mass is 35.5. The second kappa shape index (κ2) is 4.94. The maximum Gasteiger partial charge on any atom is 0.172 e. The van der Waals surface area contributed by atoms with Gasteiger partial charge in [0.05, 0.1) is 34.6 Å². The van der Waals surface area contributed by atoms with Crippen molar-refractivity contribution < 1.29 is 4.79 Å². The van der Waals surface area contributed by atoms with Crippen LogP contribution < -0.4 is 0 Å². The molecule has 0 saturated carbocycles. The van der Waals surface area contributed by atoms with Crippen molar-refractivity contribution in [1.82, 2.24) is 19.6 Å². The van der Waals surface area contributed by atoms with E-state index < -0.39 is 0 Å². The fourth-order valence-corrected chi connectivity index (χ4v) is 2.19. The van der Waals surface area contributed by atoms with Gasteiger partial charge in [-0.25, -0.2) is 0 Å². The quantitative estimate of drug-likeness (QED) is 0.793. The number of hydrogen-bond acceptors (Lipinski definition) is 3. The van der Waals surface area contributed by atoms with Crippen molar-refractivity contribution in [1.29, 1.82) is 0 Å². The molecule has 96 valence electrons. The van der Waals surface area contributed by atoms with Crippen LogP contribution in [0.5, 0.6) is 0 Å². The fraction of sp³-hybridized carbons (Fsp3) is 0.417. The molecule has 2 aromatic rings. The summed E-state index contributed by atoms with van der Waals surface area (Å²) in [7, 11) is 3.58. The lowest BCUT2D eigenvalue weighted by Crippen LogP contribution is -2.07. The Labute approximate surface area is 110 Å². The molecule has 0 spiro atoms. The number of carbonyl (C=O) groups excluding carboxylic acids is 1. The molecule has 6 heteroatoms. The normalized spacial score (nSPS) is 10.9. The number of hydrogen-bond donors (Lipinski definition) is 0. The Morgan fingerprint density at radius 1 is 1.44 bits per heavy atom. The summed E-state index contributed by atoms with van der Waals surface area (Å²) in [5.41, 5.74) is 2.17. The van der Waals surface area contributed by atoms with Crippen molar-refractivity contribution in [2.24, 2.45) is 14.1 Å². The van der Waals surface area contributed by atoms with Gasteiger partial charge < -0.3 is 0 Å². The van der Waals surface area contributed by atoms with Gasteiger partial charge in [-0.2, -0.15) is 10.2 Å². The Morgan fingerprint density at radius 3 is 2.67 bits per heavy atom. The zero-order chi connectivity index (χ0) is 13.3. The van der Waals surface area contributed by atoms with Crippen LogP contribution in [0, 0.1) is 0 Å². The van der Waals surface area contributed by atoms with Gasteiger partial charge in [-0.15, -0.1) is 0 Å². The molecule has 0 fully saturated rings. The summed E-state index contributed by atoms with van der Waals surface area (Å²) in [6.45, 7) is 1.99. The summed E-state index contributed by atoms with van der Waals surface area (Å²) in [5, 5.41) is 8.87. The van der Waals surface area contributed by atoms with E-state index in [0.29, 0.717) is 10.6 Å². The Morgan fingerprint density at radius 2 is 2.17 bits per heavy atom. The van der Waals surface area contributed by atoms with E-state index in [2.05, 4.69) is 10.2 Å². The van der Waals surface area contributed by atoms with Gasteiger partial charge in [0.25, 0.3) is 0 Å². The minimum absolute atomic E-state index is 0.00402. The Bertz CT molecular complexity index is 585. The molecule has 2 rings (SSSR count). The van der Waals surface area contributed by atoms with Crippen LogP contribution in [0.2, 0.25) is 5.02 Å². The highest BCUT2D eigenvalue weighted by Gasteiger charge is 2.17. The van der Waals surface area contributed by atoms with Gasteiger partial charge in [0.15, 0.2) is 5.78 Å². The van der Waals surface area contributed by atoms with E-state index in [9.17, 15) is 4.79 Å². The number of aromatic nitrogens is 4. The summed E-state index contributed by atoms with van der Waals surface area (Å²) in [4.78, 5) is 12.1. The third-order valence-corrected chi connectivity index (χ3v) is 3.29. The predicted molar refractivity (Wildman–Crippen MR) is 68.8 cm³/mol. The van der Waals surface area contributed by atoms with Crippen molar-refractivity contribution in [3.8, 4) is 0 Å². The van der Waals surface area contributed by atoms with Crippen LogP contribution in [0.3, 0.4) is 0 Å². The highest BCUT2D eigenvalue weighted by Crippen LogP contribution is 2.22. The molecule has 18 heavy (non-hydrogen) atoms. The van der Waals surface area contributed by atoms with E-state index in [1.807, 2.05) is 6.92 Å². The Balaban J connectivity index is 2.24. The van der Waals surface area contributed by atoms with Crippen molar-refractivity contribution in [2.45, 2.75) is 19.8 Å². The molecule has 0 aromatic carbocycles. The summed E-state index contributed by atoms with van der Waals surface area (Å²) < 4.78 is 3.28. The molecular formula is C12H15ClN4O. The zero-order valence-corrected chi connectivity index (χ0v) is 11.4. The Hall–Kier alpha value is -1.62. The first-order chi connectivity index (χ1) is 8.52. The maximum atomic E-state index is 12.1. The van der Waals surface area contributed by atoms with E-state index in [0.717, 1.165) is 17.8 Å². The van der Waals surface area contributed by atoms with Gasteiger partial charge in [-0.3, -0.25) is 14.2 Å². The van der Waals surface area contributed by atoms with Crippen LogP contribution in [-0.2, 0) is 26.9 Å². The molecular weight excluding hydrogens is 252 g/mol. The second-order valence-corrected chi connectivity index (χ2v) is 4.57. The summed E-state index contributed by atoms with van der Waals surface area (Å²) >= 11 is 6.21. The van der Waals surface area contributed by atoms with Gasteiger partial charge >= 0.3 is 0 Å². The number of Topliss-reactive ketones (excluding diaryl/α,β-unsaturated/α-hetero) is 1. The number of nitrogens with zero attached hydrogens (tertiary/aromatic N) is 4. The monoisotopic (exact) mass is 266 g/mol. The standard InChI is InChI=1S/C12H15ClN4O/c1-4-9-12(13)10(17(3)15-9)5-11(18)8-6-14-16(2)7-8/h6-7H,4-5H2,1-3H3. The van der Waals surface area contributed by atoms with Crippen molar-refractivity contribution in [2.75, 3.05) is 0 Å². The number of carbonyl (C=O) groups is 1. The molecule has 2 heterocycles. The SMILES string of the molecule is CCc1nn(C)c(CC(=O)c2cnn(C)c2)c1Cl. The molecule has 0 saturated heterocycles. The van der Waals surface area contributed by atoms with Gasteiger partial charge in [0.1, 0.15) is 0 Å². The average molecular weight is 267 g/mol. The first kappa shape index (κ1) is 12.8. The molecule has 0 atom stereocenters. The van der Waals surface area contributed by atoms with E-state index in [1.165, 1.54) is 0 Å². The summed E-state index contributed by atoms with van der Waals surface area (Å²) in [6.07, 6.45) is 4.27. The van der Waals surface area contributed by atoms with Gasteiger partial charge in [-0.1, -0.05) is 18.5 Å². The predicted octanol–water partition coefficient (Wildman–Crippen LogP) is 1.79. The highest BCUT2D eigenvalue weighted by molar-refractivity contribution is 6.32. The van der Waals surface area contributed by atoms with Crippen LogP contribution in [0.15, 0.2) is 12.4 Å².